The van der Waals surface area contributed by atoms with Crippen molar-refractivity contribution in [2.24, 2.45) is 5.92 Å². The first-order valence-electron chi connectivity index (χ1n) is 6.69. The van der Waals surface area contributed by atoms with Gasteiger partial charge in [-0.3, -0.25) is 4.79 Å². The number of carboxylic acids is 1. The van der Waals surface area contributed by atoms with Crippen molar-refractivity contribution in [2.75, 3.05) is 6.54 Å². The molecular weight excluding hydrogens is 278 g/mol. The molecule has 0 saturated carbocycles. The molecule has 0 aliphatic rings. The lowest BCUT2D eigenvalue weighted by molar-refractivity contribution is -0.136. The minimum absolute atomic E-state index is 0.110. The number of carbonyl (C=O) groups is 1. The van der Waals surface area contributed by atoms with Crippen LogP contribution in [0.15, 0.2) is 29.2 Å². The van der Waals surface area contributed by atoms with E-state index in [1.165, 1.54) is 24.3 Å². The van der Waals surface area contributed by atoms with Crippen LogP contribution in [0.25, 0.3) is 0 Å². The summed E-state index contributed by atoms with van der Waals surface area (Å²) in [5.41, 5.74) is 0.580. The standard InChI is InChI=1S/C14H21NO4S/c1-3-11(4-2)10-15-20(18,19)13-7-5-12(6-8-13)9-14(16)17/h5-8,11,15H,3-4,9-10H2,1-2H3,(H,16,17). The van der Waals surface area contributed by atoms with Crippen LogP contribution in [0.4, 0.5) is 0 Å². The molecule has 0 aliphatic heterocycles. The molecule has 0 radical (unpaired) electrons. The summed E-state index contributed by atoms with van der Waals surface area (Å²) in [6.07, 6.45) is 1.74. The number of rotatable bonds is 8. The highest BCUT2D eigenvalue weighted by molar-refractivity contribution is 7.89. The summed E-state index contributed by atoms with van der Waals surface area (Å²) in [6, 6.07) is 5.93. The molecule has 1 rings (SSSR count). The molecule has 6 heteroatoms. The highest BCUT2D eigenvalue weighted by atomic mass is 32.2. The first kappa shape index (κ1) is 16.7. The van der Waals surface area contributed by atoms with Crippen LogP contribution in [0.5, 0.6) is 0 Å². The average Bonchev–Trinajstić information content (AvgIpc) is 2.39. The van der Waals surface area contributed by atoms with E-state index in [2.05, 4.69) is 4.72 Å². The molecule has 0 heterocycles. The summed E-state index contributed by atoms with van der Waals surface area (Å²) in [4.78, 5) is 10.7. The van der Waals surface area contributed by atoms with Gasteiger partial charge in [0.25, 0.3) is 0 Å². The van der Waals surface area contributed by atoms with E-state index >= 15 is 0 Å². The maximum Gasteiger partial charge on any atom is 0.307 e. The van der Waals surface area contributed by atoms with Gasteiger partial charge >= 0.3 is 5.97 Å². The molecule has 0 aromatic heterocycles. The molecule has 5 nitrogen and oxygen atoms in total. The quantitative estimate of drug-likeness (QED) is 0.769. The van der Waals surface area contributed by atoms with Crippen molar-refractivity contribution in [1.29, 1.82) is 0 Å². The van der Waals surface area contributed by atoms with Crippen molar-refractivity contribution in [3.8, 4) is 0 Å². The normalized spacial score (nSPS) is 11.8. The summed E-state index contributed by atoms with van der Waals surface area (Å²) >= 11 is 0. The smallest absolute Gasteiger partial charge is 0.307 e. The fraction of sp³-hybridized carbons (Fsp3) is 0.500. The monoisotopic (exact) mass is 299 g/mol. The Kier molecular flexibility index (Phi) is 6.16. The van der Waals surface area contributed by atoms with Crippen LogP contribution in [0.1, 0.15) is 32.3 Å². The van der Waals surface area contributed by atoms with Crippen molar-refractivity contribution in [3.63, 3.8) is 0 Å². The van der Waals surface area contributed by atoms with Gasteiger partial charge in [-0.1, -0.05) is 38.8 Å². The summed E-state index contributed by atoms with van der Waals surface area (Å²) in [5, 5.41) is 8.67. The number of benzene rings is 1. The molecule has 0 atom stereocenters. The Morgan fingerprint density at radius 2 is 1.75 bits per heavy atom. The Balaban J connectivity index is 2.75. The minimum Gasteiger partial charge on any atom is -0.481 e. The molecule has 0 saturated heterocycles. The largest absolute Gasteiger partial charge is 0.481 e. The van der Waals surface area contributed by atoms with Gasteiger partial charge in [-0.15, -0.1) is 0 Å². The van der Waals surface area contributed by atoms with Gasteiger partial charge in [-0.05, 0) is 23.6 Å². The molecule has 0 amide bonds. The van der Waals surface area contributed by atoms with Crippen molar-refractivity contribution >= 4 is 16.0 Å². The molecule has 1 aromatic carbocycles. The molecule has 1 aromatic rings. The van der Waals surface area contributed by atoms with E-state index in [-0.39, 0.29) is 11.3 Å². The molecule has 20 heavy (non-hydrogen) atoms. The molecule has 0 fully saturated rings. The third-order valence-corrected chi connectivity index (χ3v) is 4.75. The fourth-order valence-electron chi connectivity index (χ4n) is 1.85. The Hall–Kier alpha value is -1.40. The first-order valence-corrected chi connectivity index (χ1v) is 8.17. The van der Waals surface area contributed by atoms with Crippen LogP contribution in [-0.4, -0.2) is 26.0 Å². The minimum atomic E-state index is -3.52. The van der Waals surface area contributed by atoms with Crippen LogP contribution in [-0.2, 0) is 21.2 Å². The number of sulfonamides is 1. The lowest BCUT2D eigenvalue weighted by Gasteiger charge is -2.13. The average molecular weight is 299 g/mol. The number of carboxylic acid groups (broad SMARTS) is 1. The van der Waals surface area contributed by atoms with Gasteiger partial charge in [0.05, 0.1) is 11.3 Å². The summed E-state index contributed by atoms with van der Waals surface area (Å²) in [5.74, 6) is -0.608. The van der Waals surface area contributed by atoms with E-state index in [9.17, 15) is 13.2 Å². The maximum absolute atomic E-state index is 12.1. The number of nitrogens with one attached hydrogen (secondary N) is 1. The predicted octanol–water partition coefficient (Wildman–Crippen LogP) is 2.03. The van der Waals surface area contributed by atoms with Crippen molar-refractivity contribution in [2.45, 2.75) is 38.0 Å². The van der Waals surface area contributed by atoms with Crippen LogP contribution in [0, 0.1) is 5.92 Å². The second-order valence-electron chi connectivity index (χ2n) is 4.75. The Morgan fingerprint density at radius 1 is 1.20 bits per heavy atom. The van der Waals surface area contributed by atoms with Gasteiger partial charge in [-0.2, -0.15) is 0 Å². The third kappa shape index (κ3) is 4.94. The number of aliphatic carboxylic acids is 1. The zero-order chi connectivity index (χ0) is 15.2. The number of hydrogen-bond acceptors (Lipinski definition) is 3. The van der Waals surface area contributed by atoms with Crippen molar-refractivity contribution in [1.82, 2.24) is 4.72 Å². The van der Waals surface area contributed by atoms with Crippen LogP contribution in [0.2, 0.25) is 0 Å². The SMILES string of the molecule is CCC(CC)CNS(=O)(=O)c1ccc(CC(=O)O)cc1. The molecule has 0 bridgehead atoms. The Morgan fingerprint density at radius 3 is 2.20 bits per heavy atom. The van der Waals surface area contributed by atoms with E-state index in [0.29, 0.717) is 18.0 Å². The van der Waals surface area contributed by atoms with Gasteiger partial charge in [0, 0.05) is 6.54 Å². The lowest BCUT2D eigenvalue weighted by Crippen LogP contribution is -2.29. The summed E-state index contributed by atoms with van der Waals surface area (Å²) in [7, 11) is -3.52. The van der Waals surface area contributed by atoms with Gasteiger partial charge in [0.2, 0.25) is 10.0 Å². The zero-order valence-corrected chi connectivity index (χ0v) is 12.6. The van der Waals surface area contributed by atoms with Gasteiger partial charge < -0.3 is 5.11 Å². The highest BCUT2D eigenvalue weighted by Gasteiger charge is 2.15. The summed E-state index contributed by atoms with van der Waals surface area (Å²) in [6.45, 7) is 4.48. The predicted molar refractivity (Wildman–Crippen MR) is 77.0 cm³/mol. The van der Waals surface area contributed by atoms with E-state index in [4.69, 9.17) is 5.11 Å². The maximum atomic E-state index is 12.1. The summed E-state index contributed by atoms with van der Waals surface area (Å²) < 4.78 is 26.7. The molecular formula is C14H21NO4S. The zero-order valence-electron chi connectivity index (χ0n) is 11.8. The van der Waals surface area contributed by atoms with E-state index < -0.39 is 16.0 Å². The highest BCUT2D eigenvalue weighted by Crippen LogP contribution is 2.13. The Bertz CT molecular complexity index is 533. The van der Waals surface area contributed by atoms with Crippen LogP contribution >= 0.6 is 0 Å². The first-order chi connectivity index (χ1) is 9.39. The molecule has 112 valence electrons. The van der Waals surface area contributed by atoms with E-state index in [0.717, 1.165) is 12.8 Å². The lowest BCUT2D eigenvalue weighted by atomic mass is 10.0. The van der Waals surface area contributed by atoms with Crippen molar-refractivity contribution in [3.05, 3.63) is 29.8 Å². The van der Waals surface area contributed by atoms with Crippen LogP contribution < -0.4 is 4.72 Å². The van der Waals surface area contributed by atoms with Crippen molar-refractivity contribution < 1.29 is 18.3 Å². The number of hydrogen-bond donors (Lipinski definition) is 2. The van der Waals surface area contributed by atoms with Gasteiger partial charge in [0.15, 0.2) is 0 Å². The van der Waals surface area contributed by atoms with Gasteiger partial charge in [-0.25, -0.2) is 13.1 Å². The molecule has 0 unspecified atom stereocenters. The van der Waals surface area contributed by atoms with Crippen LogP contribution in [0.3, 0.4) is 0 Å². The topological polar surface area (TPSA) is 83.5 Å². The molecule has 0 spiro atoms. The van der Waals surface area contributed by atoms with Gasteiger partial charge in [0.1, 0.15) is 0 Å². The molecule has 0 aliphatic carbocycles. The van der Waals surface area contributed by atoms with E-state index in [1.807, 2.05) is 13.8 Å². The fourth-order valence-corrected chi connectivity index (χ4v) is 2.97. The molecule has 2 N–H and O–H groups in total. The second-order valence-corrected chi connectivity index (χ2v) is 6.52. The third-order valence-electron chi connectivity index (χ3n) is 3.31. The van der Waals surface area contributed by atoms with E-state index in [1.54, 1.807) is 0 Å². The Labute approximate surface area is 120 Å². The second kappa shape index (κ2) is 7.40.